The minimum absolute atomic E-state index is 0.420. The van der Waals surface area contributed by atoms with E-state index in [-0.39, 0.29) is 0 Å². The molecule has 26 heavy (non-hydrogen) atoms. The van der Waals surface area contributed by atoms with Crippen LogP contribution >= 0.6 is 0 Å². The molecule has 0 aliphatic rings. The van der Waals surface area contributed by atoms with Crippen LogP contribution in [0, 0.1) is 0 Å². The highest BCUT2D eigenvalue weighted by Crippen LogP contribution is 2.32. The lowest BCUT2D eigenvalue weighted by Crippen LogP contribution is -2.33. The molecule has 0 radical (unpaired) electrons. The van der Waals surface area contributed by atoms with Gasteiger partial charge in [0, 0.05) is 0 Å². The van der Waals surface area contributed by atoms with Crippen molar-refractivity contribution in [2.75, 3.05) is 4.90 Å². The topological polar surface area (TPSA) is 46.3 Å². The molecule has 3 nitrogen and oxygen atoms in total. The normalized spacial score (nSPS) is 10.7. The molecule has 140 valence electrons. The number of aryl methyl sites for hydroxylation is 2. The molecule has 2 N–H and O–H groups in total. The third-order valence-electron chi connectivity index (χ3n) is 4.78. The average molecular weight is 353 g/mol. The summed E-state index contributed by atoms with van der Waals surface area (Å²) in [5.74, 6) is 0. The van der Waals surface area contributed by atoms with Crippen LogP contribution in [-0.4, -0.2) is 6.03 Å². The number of nitrogens with two attached hydrogens (primary N) is 1. The minimum atomic E-state index is -0.420. The van der Waals surface area contributed by atoms with E-state index in [9.17, 15) is 4.79 Å². The van der Waals surface area contributed by atoms with Crippen LogP contribution in [0.1, 0.15) is 63.5 Å². The van der Waals surface area contributed by atoms with Gasteiger partial charge in [0.15, 0.2) is 0 Å². The van der Waals surface area contributed by atoms with Crippen molar-refractivity contribution in [3.63, 3.8) is 0 Å². The highest BCUT2D eigenvalue weighted by Gasteiger charge is 2.20. The Hall–Kier alpha value is -2.29. The molecule has 0 saturated carbocycles. The number of amides is 2. The second kappa shape index (κ2) is 10.6. The van der Waals surface area contributed by atoms with Gasteiger partial charge in [-0.05, 0) is 48.9 Å². The average Bonchev–Trinajstić information content (AvgIpc) is 2.64. The number of carbonyl (C=O) groups excluding carboxylic acids is 1. The molecule has 0 bridgehead atoms. The van der Waals surface area contributed by atoms with Gasteiger partial charge in [-0.2, -0.15) is 0 Å². The molecule has 2 aromatic carbocycles. The lowest BCUT2D eigenvalue weighted by molar-refractivity contribution is 0.256. The van der Waals surface area contributed by atoms with E-state index in [1.165, 1.54) is 36.8 Å². The summed E-state index contributed by atoms with van der Waals surface area (Å²) in [7, 11) is 0. The van der Waals surface area contributed by atoms with Crippen molar-refractivity contribution in [3.8, 4) is 0 Å². The van der Waals surface area contributed by atoms with Crippen LogP contribution in [0.3, 0.4) is 0 Å². The van der Waals surface area contributed by atoms with Gasteiger partial charge >= 0.3 is 6.03 Å². The van der Waals surface area contributed by atoms with E-state index in [1.54, 1.807) is 4.90 Å². The first-order valence-electron chi connectivity index (χ1n) is 9.94. The summed E-state index contributed by atoms with van der Waals surface area (Å²) in [5.41, 5.74) is 10.0. The number of urea groups is 1. The smallest absolute Gasteiger partial charge is 0.323 e. The highest BCUT2D eigenvalue weighted by molar-refractivity contribution is 5.99. The van der Waals surface area contributed by atoms with Gasteiger partial charge in [-0.1, -0.05) is 75.9 Å². The van der Waals surface area contributed by atoms with Crippen LogP contribution < -0.4 is 10.6 Å². The van der Waals surface area contributed by atoms with Crippen molar-refractivity contribution in [1.29, 1.82) is 0 Å². The summed E-state index contributed by atoms with van der Waals surface area (Å²) >= 11 is 0. The second-order valence-corrected chi connectivity index (χ2v) is 6.85. The molecule has 3 heteroatoms. The summed E-state index contributed by atoms with van der Waals surface area (Å²) < 4.78 is 0. The standard InChI is InChI=1S/C23H32N2O/c1-3-5-7-13-19-15-9-11-17-21(19)25(23(24)26)22-18-12-10-16-20(22)14-8-6-4-2/h9-12,15-18H,3-8,13-14H2,1-2H3,(H2,24,26). The molecule has 0 unspecified atom stereocenters. The number of hydrogen-bond acceptors (Lipinski definition) is 1. The highest BCUT2D eigenvalue weighted by atomic mass is 16.2. The third kappa shape index (κ3) is 5.35. The van der Waals surface area contributed by atoms with Crippen molar-refractivity contribution in [3.05, 3.63) is 59.7 Å². The van der Waals surface area contributed by atoms with Gasteiger partial charge in [-0.3, -0.25) is 4.90 Å². The first-order valence-corrected chi connectivity index (χ1v) is 9.94. The number of anilines is 2. The molecule has 0 saturated heterocycles. The number of para-hydroxylation sites is 2. The molecule has 0 atom stereocenters. The van der Waals surface area contributed by atoms with Crippen molar-refractivity contribution >= 4 is 17.4 Å². The van der Waals surface area contributed by atoms with Crippen LogP contribution in [0.5, 0.6) is 0 Å². The molecule has 0 fully saturated rings. The first-order chi connectivity index (χ1) is 12.7. The monoisotopic (exact) mass is 352 g/mol. The Labute approximate surface area is 158 Å². The molecule has 2 rings (SSSR count). The Balaban J connectivity index is 2.37. The zero-order valence-corrected chi connectivity index (χ0v) is 16.2. The summed E-state index contributed by atoms with van der Waals surface area (Å²) in [6.07, 6.45) is 8.93. The van der Waals surface area contributed by atoms with E-state index in [2.05, 4.69) is 26.0 Å². The fourth-order valence-corrected chi connectivity index (χ4v) is 3.38. The zero-order chi connectivity index (χ0) is 18.8. The minimum Gasteiger partial charge on any atom is -0.351 e. The first kappa shape index (κ1) is 20.0. The van der Waals surface area contributed by atoms with Gasteiger partial charge in [0.05, 0.1) is 11.4 Å². The van der Waals surface area contributed by atoms with Gasteiger partial charge < -0.3 is 5.73 Å². The maximum Gasteiger partial charge on any atom is 0.323 e. The molecular formula is C23H32N2O. The zero-order valence-electron chi connectivity index (χ0n) is 16.2. The van der Waals surface area contributed by atoms with E-state index in [4.69, 9.17) is 5.73 Å². The van der Waals surface area contributed by atoms with E-state index in [0.717, 1.165) is 37.1 Å². The number of benzene rings is 2. The van der Waals surface area contributed by atoms with Crippen molar-refractivity contribution in [2.24, 2.45) is 5.73 Å². The van der Waals surface area contributed by atoms with Crippen molar-refractivity contribution in [1.82, 2.24) is 0 Å². The maximum absolute atomic E-state index is 12.4. The summed E-state index contributed by atoms with van der Waals surface area (Å²) in [4.78, 5) is 14.1. The van der Waals surface area contributed by atoms with Crippen LogP contribution in [-0.2, 0) is 12.8 Å². The van der Waals surface area contributed by atoms with E-state index < -0.39 is 6.03 Å². The van der Waals surface area contributed by atoms with Crippen LogP contribution in [0.15, 0.2) is 48.5 Å². The van der Waals surface area contributed by atoms with E-state index in [1.807, 2.05) is 36.4 Å². The molecule has 0 heterocycles. The van der Waals surface area contributed by atoms with Gasteiger partial charge in [-0.25, -0.2) is 4.79 Å². The number of hydrogen-bond donors (Lipinski definition) is 1. The van der Waals surface area contributed by atoms with Crippen LogP contribution in [0.4, 0.5) is 16.2 Å². The Morgan fingerprint density at radius 2 is 1.19 bits per heavy atom. The molecular weight excluding hydrogens is 320 g/mol. The van der Waals surface area contributed by atoms with Crippen LogP contribution in [0.25, 0.3) is 0 Å². The molecule has 2 amide bonds. The third-order valence-corrected chi connectivity index (χ3v) is 4.78. The number of unbranched alkanes of at least 4 members (excludes halogenated alkanes) is 4. The second-order valence-electron chi connectivity index (χ2n) is 6.85. The number of carbonyl (C=O) groups is 1. The van der Waals surface area contributed by atoms with Gasteiger partial charge in [0.1, 0.15) is 0 Å². The van der Waals surface area contributed by atoms with Crippen LogP contribution in [0.2, 0.25) is 0 Å². The Morgan fingerprint density at radius 3 is 1.58 bits per heavy atom. The largest absolute Gasteiger partial charge is 0.351 e. The summed E-state index contributed by atoms with van der Waals surface area (Å²) in [5, 5.41) is 0. The molecule has 0 spiro atoms. The summed E-state index contributed by atoms with van der Waals surface area (Å²) in [6, 6.07) is 15.9. The number of nitrogens with zero attached hydrogens (tertiary/aromatic N) is 1. The van der Waals surface area contributed by atoms with Crippen molar-refractivity contribution in [2.45, 2.75) is 65.2 Å². The molecule has 0 aliphatic carbocycles. The van der Waals surface area contributed by atoms with Crippen molar-refractivity contribution < 1.29 is 4.79 Å². The lowest BCUT2D eigenvalue weighted by Gasteiger charge is -2.26. The lowest BCUT2D eigenvalue weighted by atomic mass is 10.0. The number of primary amides is 1. The molecule has 0 aromatic heterocycles. The molecule has 0 aliphatic heterocycles. The fraction of sp³-hybridized carbons (Fsp3) is 0.435. The van der Waals surface area contributed by atoms with Gasteiger partial charge in [0.2, 0.25) is 0 Å². The van der Waals surface area contributed by atoms with E-state index >= 15 is 0 Å². The number of rotatable bonds is 10. The van der Waals surface area contributed by atoms with Gasteiger partial charge in [-0.15, -0.1) is 0 Å². The Morgan fingerprint density at radius 1 is 0.769 bits per heavy atom. The quantitative estimate of drug-likeness (QED) is 0.496. The summed E-state index contributed by atoms with van der Waals surface area (Å²) in [6.45, 7) is 4.41. The predicted octanol–water partition coefficient (Wildman–Crippen LogP) is 6.37. The molecule has 2 aromatic rings. The Bertz CT molecular complexity index is 643. The fourth-order valence-electron chi connectivity index (χ4n) is 3.38. The maximum atomic E-state index is 12.4. The SMILES string of the molecule is CCCCCc1ccccc1N(C(N)=O)c1ccccc1CCCCC. The Kier molecular flexibility index (Phi) is 8.20. The van der Waals surface area contributed by atoms with Gasteiger partial charge in [0.25, 0.3) is 0 Å². The predicted molar refractivity (Wildman–Crippen MR) is 111 cm³/mol. The van der Waals surface area contributed by atoms with E-state index in [0.29, 0.717) is 0 Å².